The molecule has 1 amide bonds. The number of nitrogens with one attached hydrogen (secondary N) is 2. The highest BCUT2D eigenvalue weighted by Crippen LogP contribution is 2.39. The van der Waals surface area contributed by atoms with Crippen LogP contribution >= 0.6 is 28.3 Å². The summed E-state index contributed by atoms with van der Waals surface area (Å²) in [6.07, 6.45) is 5.64. The van der Waals surface area contributed by atoms with E-state index < -0.39 is 0 Å². The Labute approximate surface area is 155 Å². The minimum absolute atomic E-state index is 0. The van der Waals surface area contributed by atoms with Crippen LogP contribution in [0.5, 0.6) is 0 Å². The Bertz CT molecular complexity index is 735. The third-order valence-corrected chi connectivity index (χ3v) is 5.91. The van der Waals surface area contributed by atoms with E-state index in [0.717, 1.165) is 28.2 Å². The van der Waals surface area contributed by atoms with Gasteiger partial charge in [0, 0.05) is 21.9 Å². The second kappa shape index (κ2) is 7.02. The van der Waals surface area contributed by atoms with Crippen molar-refractivity contribution in [3.63, 3.8) is 0 Å². The molecule has 2 bridgehead atoms. The second-order valence-corrected chi connectivity index (χ2v) is 7.86. The third-order valence-electron chi connectivity index (χ3n) is 5.41. The van der Waals surface area contributed by atoms with Gasteiger partial charge in [0.1, 0.15) is 0 Å². The number of benzene rings is 1. The van der Waals surface area contributed by atoms with Gasteiger partial charge in [-0.15, -0.1) is 12.4 Å². The smallest absolute Gasteiger partial charge is 0.272 e. The molecule has 2 saturated carbocycles. The van der Waals surface area contributed by atoms with E-state index in [4.69, 9.17) is 5.73 Å². The molecule has 2 aliphatic carbocycles. The van der Waals surface area contributed by atoms with E-state index >= 15 is 0 Å². The highest BCUT2D eigenvalue weighted by Gasteiger charge is 2.40. The lowest BCUT2D eigenvalue weighted by atomic mass is 9.67. The quantitative estimate of drug-likeness (QED) is 0.705. The van der Waals surface area contributed by atoms with Gasteiger partial charge in [-0.05, 0) is 55.7 Å². The van der Waals surface area contributed by atoms with Crippen molar-refractivity contribution in [3.05, 3.63) is 28.4 Å². The number of aromatic nitrogens is 2. The van der Waals surface area contributed by atoms with Crippen LogP contribution in [0.4, 0.5) is 0 Å². The molecule has 2 fully saturated rings. The van der Waals surface area contributed by atoms with Gasteiger partial charge in [-0.2, -0.15) is 5.10 Å². The van der Waals surface area contributed by atoms with Crippen LogP contribution < -0.4 is 11.1 Å². The number of hydrogen-bond acceptors (Lipinski definition) is 3. The topological polar surface area (TPSA) is 83.8 Å². The molecular weight excluding hydrogens is 392 g/mol. The fraction of sp³-hybridized carbons (Fsp3) is 0.529. The van der Waals surface area contributed by atoms with E-state index in [-0.39, 0.29) is 24.4 Å². The van der Waals surface area contributed by atoms with E-state index in [2.05, 4.69) is 31.4 Å². The zero-order valence-electron chi connectivity index (χ0n) is 13.3. The maximum absolute atomic E-state index is 12.8. The first-order chi connectivity index (χ1) is 11.1. The summed E-state index contributed by atoms with van der Waals surface area (Å²) in [5.74, 6) is 0.948. The summed E-state index contributed by atoms with van der Waals surface area (Å²) in [7, 11) is 0. The molecule has 2 aliphatic rings. The Morgan fingerprint density at radius 3 is 2.71 bits per heavy atom. The number of nitrogens with zero attached hydrogens (tertiary/aromatic N) is 1. The van der Waals surface area contributed by atoms with Gasteiger partial charge in [-0.3, -0.25) is 9.89 Å². The molecule has 2 atom stereocenters. The lowest BCUT2D eigenvalue weighted by Crippen LogP contribution is -2.53. The molecule has 7 heteroatoms. The third kappa shape index (κ3) is 3.19. The Kier molecular flexibility index (Phi) is 5.18. The highest BCUT2D eigenvalue weighted by atomic mass is 79.9. The van der Waals surface area contributed by atoms with Crippen molar-refractivity contribution < 1.29 is 4.79 Å². The number of amides is 1. The van der Waals surface area contributed by atoms with Gasteiger partial charge in [0.05, 0.1) is 5.52 Å². The van der Waals surface area contributed by atoms with E-state index in [0.29, 0.717) is 23.6 Å². The molecular formula is C17H22BrClN4O. The molecule has 130 valence electrons. The Hall–Kier alpha value is -1.11. The number of aromatic amines is 1. The second-order valence-electron chi connectivity index (χ2n) is 6.94. The van der Waals surface area contributed by atoms with Crippen molar-refractivity contribution >= 4 is 45.1 Å². The van der Waals surface area contributed by atoms with E-state index in [9.17, 15) is 4.79 Å². The SMILES string of the molecule is Cl.NC1CC2CCCC(C1)C2NC(=O)c1n[nH]c2ccc(Br)cc12. The van der Waals surface area contributed by atoms with Crippen LogP contribution in [-0.2, 0) is 0 Å². The number of carbonyl (C=O) groups excluding carboxylic acids is 1. The minimum Gasteiger partial charge on any atom is -0.347 e. The lowest BCUT2D eigenvalue weighted by Gasteiger charge is -2.45. The number of rotatable bonds is 2. The summed E-state index contributed by atoms with van der Waals surface area (Å²) in [6, 6.07) is 6.34. The monoisotopic (exact) mass is 412 g/mol. The molecule has 4 N–H and O–H groups in total. The molecule has 24 heavy (non-hydrogen) atoms. The van der Waals surface area contributed by atoms with Gasteiger partial charge in [0.2, 0.25) is 0 Å². The van der Waals surface area contributed by atoms with Crippen molar-refractivity contribution in [3.8, 4) is 0 Å². The molecule has 2 aromatic rings. The molecule has 2 unspecified atom stereocenters. The van der Waals surface area contributed by atoms with Crippen molar-refractivity contribution in [2.24, 2.45) is 17.6 Å². The molecule has 1 aromatic heterocycles. The van der Waals surface area contributed by atoms with E-state index in [1.807, 2.05) is 18.2 Å². The summed E-state index contributed by atoms with van der Waals surface area (Å²) >= 11 is 3.46. The van der Waals surface area contributed by atoms with Crippen molar-refractivity contribution in [1.29, 1.82) is 0 Å². The van der Waals surface area contributed by atoms with Gasteiger partial charge in [-0.1, -0.05) is 22.4 Å². The predicted octanol–water partition coefficient (Wildman–Crippen LogP) is 3.38. The van der Waals surface area contributed by atoms with Crippen LogP contribution in [0.3, 0.4) is 0 Å². The van der Waals surface area contributed by atoms with Crippen LogP contribution in [0.15, 0.2) is 22.7 Å². The van der Waals surface area contributed by atoms with Crippen molar-refractivity contribution in [2.75, 3.05) is 0 Å². The fourth-order valence-corrected chi connectivity index (χ4v) is 4.76. The van der Waals surface area contributed by atoms with Crippen LogP contribution in [0.25, 0.3) is 10.9 Å². The largest absolute Gasteiger partial charge is 0.347 e. The van der Waals surface area contributed by atoms with Gasteiger partial charge < -0.3 is 11.1 Å². The first-order valence-corrected chi connectivity index (χ1v) is 9.11. The zero-order chi connectivity index (χ0) is 16.0. The number of nitrogens with two attached hydrogens (primary N) is 1. The highest BCUT2D eigenvalue weighted by molar-refractivity contribution is 9.10. The van der Waals surface area contributed by atoms with Gasteiger partial charge in [-0.25, -0.2) is 0 Å². The zero-order valence-corrected chi connectivity index (χ0v) is 15.7. The summed E-state index contributed by atoms with van der Waals surface area (Å²) in [4.78, 5) is 12.8. The molecule has 0 aliphatic heterocycles. The molecule has 4 rings (SSSR count). The van der Waals surface area contributed by atoms with Crippen LogP contribution in [0, 0.1) is 11.8 Å². The normalized spacial score (nSPS) is 29.1. The minimum atomic E-state index is -0.0771. The Morgan fingerprint density at radius 1 is 1.29 bits per heavy atom. The summed E-state index contributed by atoms with van der Waals surface area (Å²) in [6.45, 7) is 0. The molecule has 0 saturated heterocycles. The molecule has 1 aromatic carbocycles. The maximum atomic E-state index is 12.8. The first kappa shape index (κ1) is 17.7. The van der Waals surface area contributed by atoms with E-state index in [1.54, 1.807) is 0 Å². The number of fused-ring (bicyclic) bond motifs is 3. The van der Waals surface area contributed by atoms with E-state index in [1.165, 1.54) is 19.3 Å². The summed E-state index contributed by atoms with van der Waals surface area (Å²) < 4.78 is 0.945. The van der Waals surface area contributed by atoms with Gasteiger partial charge in [0.15, 0.2) is 5.69 Å². The average molecular weight is 414 g/mol. The summed E-state index contributed by atoms with van der Waals surface area (Å²) in [5, 5.41) is 11.3. The number of hydrogen-bond donors (Lipinski definition) is 3. The molecule has 0 radical (unpaired) electrons. The summed E-state index contributed by atoms with van der Waals surface area (Å²) in [5.41, 5.74) is 7.53. The van der Waals surface area contributed by atoms with Crippen molar-refractivity contribution in [2.45, 2.75) is 44.2 Å². The van der Waals surface area contributed by atoms with Crippen LogP contribution in [0.1, 0.15) is 42.6 Å². The molecule has 5 nitrogen and oxygen atoms in total. The standard InChI is InChI=1S/C17H21BrN4O.ClH/c18-11-4-5-14-13(8-11)16(22-21-14)17(23)20-15-9-2-1-3-10(15)7-12(19)6-9;/h4-5,8-10,12,15H,1-3,6-7,19H2,(H,20,23)(H,21,22);1H. The lowest BCUT2D eigenvalue weighted by molar-refractivity contribution is 0.0753. The van der Waals surface area contributed by atoms with Crippen LogP contribution in [0.2, 0.25) is 0 Å². The average Bonchev–Trinajstić information content (AvgIpc) is 2.91. The van der Waals surface area contributed by atoms with Gasteiger partial charge >= 0.3 is 0 Å². The molecule has 0 spiro atoms. The maximum Gasteiger partial charge on any atom is 0.272 e. The number of halogens is 2. The molecule has 1 heterocycles. The Morgan fingerprint density at radius 2 is 2.00 bits per heavy atom. The van der Waals surface area contributed by atoms with Crippen molar-refractivity contribution in [1.82, 2.24) is 15.5 Å². The Balaban J connectivity index is 0.00000169. The van der Waals surface area contributed by atoms with Gasteiger partial charge in [0.25, 0.3) is 5.91 Å². The first-order valence-electron chi connectivity index (χ1n) is 8.32. The number of carbonyl (C=O) groups is 1. The van der Waals surface area contributed by atoms with Crippen LogP contribution in [-0.4, -0.2) is 28.2 Å². The fourth-order valence-electron chi connectivity index (χ4n) is 4.40. The predicted molar refractivity (Wildman–Crippen MR) is 100 cm³/mol. The number of H-pyrrole nitrogens is 1.